The summed E-state index contributed by atoms with van der Waals surface area (Å²) in [5, 5.41) is 3.78. The number of rotatable bonds is 6. The maximum Gasteiger partial charge on any atom is 0.277 e. The molecule has 1 rings (SSSR count). The number of halogens is 3. The molecule has 2 amide bonds. The van der Waals surface area contributed by atoms with Crippen molar-refractivity contribution in [3.8, 4) is 0 Å². The van der Waals surface area contributed by atoms with Crippen LogP contribution in [0.1, 0.15) is 9.67 Å². The number of thiophene rings is 1. The molecule has 0 aliphatic rings. The molecule has 0 aliphatic heterocycles. The van der Waals surface area contributed by atoms with Crippen molar-refractivity contribution in [1.82, 2.24) is 10.2 Å². The second-order valence-electron chi connectivity index (χ2n) is 3.98. The van der Waals surface area contributed by atoms with Gasteiger partial charge in [0.1, 0.15) is 0 Å². The van der Waals surface area contributed by atoms with Crippen molar-refractivity contribution in [2.24, 2.45) is 5.73 Å². The van der Waals surface area contributed by atoms with Gasteiger partial charge in [-0.3, -0.25) is 9.59 Å². The van der Waals surface area contributed by atoms with E-state index < -0.39 is 24.9 Å². The van der Waals surface area contributed by atoms with Crippen molar-refractivity contribution >= 4 is 35.6 Å². The Morgan fingerprint density at radius 2 is 2.15 bits per heavy atom. The molecule has 1 aromatic rings. The summed E-state index contributed by atoms with van der Waals surface area (Å²) in [5.74, 6) is -4.11. The van der Waals surface area contributed by atoms with Crippen molar-refractivity contribution < 1.29 is 18.4 Å². The molecule has 9 heteroatoms. The Morgan fingerprint density at radius 3 is 2.65 bits per heavy atom. The summed E-state index contributed by atoms with van der Waals surface area (Å²) in [7, 11) is 1.43. The second kappa shape index (κ2) is 8.13. The SMILES string of the molecule is CN(CC(=O)NCC(F)(F)CN)C(=O)c1cccs1.Cl. The van der Waals surface area contributed by atoms with Gasteiger partial charge < -0.3 is 16.0 Å². The summed E-state index contributed by atoms with van der Waals surface area (Å²) in [6.45, 7) is -1.95. The van der Waals surface area contributed by atoms with Crippen molar-refractivity contribution in [3.63, 3.8) is 0 Å². The number of hydrogen-bond acceptors (Lipinski definition) is 4. The van der Waals surface area contributed by atoms with Crippen LogP contribution in [0.3, 0.4) is 0 Å². The van der Waals surface area contributed by atoms with Gasteiger partial charge in [0.15, 0.2) is 0 Å². The average Bonchev–Trinajstić information content (AvgIpc) is 2.89. The normalized spacial score (nSPS) is 10.6. The lowest BCUT2D eigenvalue weighted by Gasteiger charge is -2.18. The van der Waals surface area contributed by atoms with Crippen molar-refractivity contribution in [2.45, 2.75) is 5.92 Å². The topological polar surface area (TPSA) is 75.4 Å². The van der Waals surface area contributed by atoms with Crippen LogP contribution < -0.4 is 11.1 Å². The van der Waals surface area contributed by atoms with Gasteiger partial charge in [-0.05, 0) is 11.4 Å². The van der Waals surface area contributed by atoms with E-state index >= 15 is 0 Å². The predicted molar refractivity (Wildman–Crippen MR) is 75.5 cm³/mol. The summed E-state index contributed by atoms with van der Waals surface area (Å²) < 4.78 is 25.6. The lowest BCUT2D eigenvalue weighted by Crippen LogP contribution is -2.45. The van der Waals surface area contributed by atoms with Crippen LogP contribution in [0.15, 0.2) is 17.5 Å². The maximum atomic E-state index is 12.8. The molecule has 0 bridgehead atoms. The zero-order valence-electron chi connectivity index (χ0n) is 10.8. The number of nitrogens with one attached hydrogen (secondary N) is 1. The number of amides is 2. The minimum Gasteiger partial charge on any atom is -0.348 e. The van der Waals surface area contributed by atoms with E-state index in [9.17, 15) is 18.4 Å². The fourth-order valence-electron chi connectivity index (χ4n) is 1.23. The first-order valence-electron chi connectivity index (χ1n) is 5.49. The van der Waals surface area contributed by atoms with E-state index in [4.69, 9.17) is 5.73 Å². The van der Waals surface area contributed by atoms with Crippen LogP contribution in [-0.2, 0) is 4.79 Å². The van der Waals surface area contributed by atoms with Gasteiger partial charge in [0, 0.05) is 7.05 Å². The summed E-state index contributed by atoms with van der Waals surface area (Å²) >= 11 is 1.25. The molecule has 5 nitrogen and oxygen atoms in total. The molecule has 0 atom stereocenters. The molecule has 0 unspecified atom stereocenters. The van der Waals surface area contributed by atoms with Gasteiger partial charge in [0.2, 0.25) is 5.91 Å². The highest BCUT2D eigenvalue weighted by atomic mass is 35.5. The van der Waals surface area contributed by atoms with Crippen LogP contribution in [0.25, 0.3) is 0 Å². The van der Waals surface area contributed by atoms with E-state index in [1.807, 2.05) is 5.32 Å². The quantitative estimate of drug-likeness (QED) is 0.817. The molecular formula is C11H16ClF2N3O2S. The van der Waals surface area contributed by atoms with E-state index in [0.717, 1.165) is 0 Å². The number of carbonyl (C=O) groups is 2. The molecule has 1 heterocycles. The maximum absolute atomic E-state index is 12.8. The van der Waals surface area contributed by atoms with Gasteiger partial charge in [-0.1, -0.05) is 6.07 Å². The van der Waals surface area contributed by atoms with E-state index in [0.29, 0.717) is 4.88 Å². The first-order valence-corrected chi connectivity index (χ1v) is 6.37. The number of nitrogens with zero attached hydrogens (tertiary/aromatic N) is 1. The molecule has 0 saturated heterocycles. The number of carbonyl (C=O) groups excluding carboxylic acids is 2. The highest BCUT2D eigenvalue weighted by Gasteiger charge is 2.27. The monoisotopic (exact) mass is 327 g/mol. The number of alkyl halides is 2. The van der Waals surface area contributed by atoms with E-state index in [1.165, 1.54) is 23.3 Å². The Balaban J connectivity index is 0.00000361. The molecular weight excluding hydrogens is 312 g/mol. The zero-order chi connectivity index (χ0) is 14.5. The number of nitrogens with two attached hydrogens (primary N) is 1. The predicted octanol–water partition coefficient (Wildman–Crippen LogP) is 0.952. The highest BCUT2D eigenvalue weighted by molar-refractivity contribution is 7.12. The average molecular weight is 328 g/mol. The smallest absolute Gasteiger partial charge is 0.277 e. The Bertz CT molecular complexity index is 443. The van der Waals surface area contributed by atoms with E-state index in [-0.39, 0.29) is 24.9 Å². The largest absolute Gasteiger partial charge is 0.348 e. The first-order chi connectivity index (χ1) is 8.85. The first kappa shape index (κ1) is 18.8. The standard InChI is InChI=1S/C11H15F2N3O2S.ClH/c1-16(10(18)8-3-2-4-19-8)5-9(17)15-7-11(12,13)6-14;/h2-4H,5-7,14H2,1H3,(H,15,17);1H. The van der Waals surface area contributed by atoms with Crippen molar-refractivity contribution in [2.75, 3.05) is 26.7 Å². The Labute approximate surface area is 125 Å². The molecule has 0 radical (unpaired) electrons. The van der Waals surface area contributed by atoms with Gasteiger partial charge in [0.05, 0.1) is 24.5 Å². The second-order valence-corrected chi connectivity index (χ2v) is 4.92. The van der Waals surface area contributed by atoms with E-state index in [2.05, 4.69) is 0 Å². The van der Waals surface area contributed by atoms with Gasteiger partial charge in [-0.2, -0.15) is 0 Å². The fraction of sp³-hybridized carbons (Fsp3) is 0.455. The van der Waals surface area contributed by atoms with Crippen molar-refractivity contribution in [1.29, 1.82) is 0 Å². The van der Waals surface area contributed by atoms with Crippen LogP contribution in [0.5, 0.6) is 0 Å². The lowest BCUT2D eigenvalue weighted by molar-refractivity contribution is -0.123. The van der Waals surface area contributed by atoms with Gasteiger partial charge >= 0.3 is 0 Å². The zero-order valence-corrected chi connectivity index (χ0v) is 12.4. The van der Waals surface area contributed by atoms with Crippen LogP contribution in [-0.4, -0.2) is 49.3 Å². The molecule has 0 saturated carbocycles. The third kappa shape index (κ3) is 5.81. The van der Waals surface area contributed by atoms with Crippen LogP contribution >= 0.6 is 23.7 Å². The summed E-state index contributed by atoms with van der Waals surface area (Å²) in [4.78, 5) is 24.9. The molecule has 1 aromatic heterocycles. The molecule has 114 valence electrons. The Kier molecular flexibility index (Phi) is 7.62. The Hall–Kier alpha value is -1.25. The summed E-state index contributed by atoms with van der Waals surface area (Å²) in [6, 6.07) is 3.34. The summed E-state index contributed by atoms with van der Waals surface area (Å²) in [6.07, 6.45) is 0. The lowest BCUT2D eigenvalue weighted by atomic mass is 10.3. The minimum absolute atomic E-state index is 0. The molecule has 0 spiro atoms. The third-order valence-corrected chi connectivity index (χ3v) is 3.16. The molecule has 0 fully saturated rings. The van der Waals surface area contributed by atoms with Crippen LogP contribution in [0.4, 0.5) is 8.78 Å². The molecule has 3 N–H and O–H groups in total. The van der Waals surface area contributed by atoms with E-state index in [1.54, 1.807) is 17.5 Å². The van der Waals surface area contributed by atoms with Gasteiger partial charge in [-0.25, -0.2) is 8.78 Å². The Morgan fingerprint density at radius 1 is 1.50 bits per heavy atom. The van der Waals surface area contributed by atoms with Crippen LogP contribution in [0.2, 0.25) is 0 Å². The highest BCUT2D eigenvalue weighted by Crippen LogP contribution is 2.11. The van der Waals surface area contributed by atoms with Gasteiger partial charge in [0.25, 0.3) is 11.8 Å². The third-order valence-electron chi connectivity index (χ3n) is 2.30. The van der Waals surface area contributed by atoms with Crippen LogP contribution in [0, 0.1) is 0 Å². The number of likely N-dealkylation sites (N-methyl/N-ethyl adjacent to an activating group) is 1. The summed E-state index contributed by atoms with van der Waals surface area (Å²) in [5.41, 5.74) is 4.84. The number of hydrogen-bond donors (Lipinski definition) is 2. The van der Waals surface area contributed by atoms with Crippen molar-refractivity contribution in [3.05, 3.63) is 22.4 Å². The minimum atomic E-state index is -3.13. The molecule has 20 heavy (non-hydrogen) atoms. The fourth-order valence-corrected chi connectivity index (χ4v) is 1.95. The molecule has 0 aromatic carbocycles. The van der Waals surface area contributed by atoms with Gasteiger partial charge in [-0.15, -0.1) is 23.7 Å². The molecule has 0 aliphatic carbocycles.